The first-order valence-electron chi connectivity index (χ1n) is 7.55. The Balaban J connectivity index is 1.71. The van der Waals surface area contributed by atoms with Gasteiger partial charge in [0.1, 0.15) is 5.82 Å². The number of hydrogen-bond donors (Lipinski definition) is 2. The number of hydrogen-bond acceptors (Lipinski definition) is 3. The van der Waals surface area contributed by atoms with E-state index in [1.54, 1.807) is 30.3 Å². The van der Waals surface area contributed by atoms with Gasteiger partial charge in [0, 0.05) is 12.1 Å². The van der Waals surface area contributed by atoms with Crippen LogP contribution in [0.15, 0.2) is 53.6 Å². The zero-order chi connectivity index (χ0) is 17.1. The number of H-pyrrole nitrogens is 1. The lowest BCUT2D eigenvalue weighted by Gasteiger charge is -2.12. The third-order valence-corrected chi connectivity index (χ3v) is 3.85. The molecule has 0 saturated heterocycles. The number of aromatic nitrogens is 2. The Morgan fingerprint density at radius 1 is 1.25 bits per heavy atom. The van der Waals surface area contributed by atoms with Gasteiger partial charge in [0.15, 0.2) is 0 Å². The lowest BCUT2D eigenvalue weighted by Crippen LogP contribution is -2.15. The number of carbonyl (C=O) groups excluding carboxylic acids is 1. The summed E-state index contributed by atoms with van der Waals surface area (Å²) in [4.78, 5) is 30.5. The molecule has 0 aliphatic carbocycles. The fraction of sp³-hybridized carbons (Fsp3) is 0.167. The van der Waals surface area contributed by atoms with Crippen molar-refractivity contribution in [3.05, 3.63) is 70.5 Å². The normalized spacial score (nSPS) is 12.1. The molecular formula is C18H16FN3O2. The van der Waals surface area contributed by atoms with E-state index in [4.69, 9.17) is 0 Å². The first-order chi connectivity index (χ1) is 11.5. The van der Waals surface area contributed by atoms with Crippen LogP contribution in [0.5, 0.6) is 0 Å². The summed E-state index contributed by atoms with van der Waals surface area (Å²) in [5, 5.41) is 3.20. The van der Waals surface area contributed by atoms with E-state index in [1.807, 2.05) is 6.92 Å². The highest BCUT2D eigenvalue weighted by molar-refractivity contribution is 5.93. The lowest BCUT2D eigenvalue weighted by molar-refractivity contribution is -0.116. The Kier molecular flexibility index (Phi) is 4.37. The summed E-state index contributed by atoms with van der Waals surface area (Å²) in [5.74, 6) is -0.520. The van der Waals surface area contributed by atoms with E-state index in [-0.39, 0.29) is 29.6 Å². The van der Waals surface area contributed by atoms with Gasteiger partial charge in [-0.1, -0.05) is 19.1 Å². The quantitative estimate of drug-likeness (QED) is 0.773. The van der Waals surface area contributed by atoms with Gasteiger partial charge in [-0.25, -0.2) is 9.37 Å². The molecule has 5 nitrogen and oxygen atoms in total. The van der Waals surface area contributed by atoms with E-state index >= 15 is 0 Å². The molecule has 122 valence electrons. The summed E-state index contributed by atoms with van der Waals surface area (Å²) in [6.45, 7) is 1.90. The Bertz CT molecular complexity index is 935. The van der Waals surface area contributed by atoms with Crippen LogP contribution in [-0.2, 0) is 4.79 Å². The summed E-state index contributed by atoms with van der Waals surface area (Å²) < 4.78 is 12.9. The average Bonchev–Trinajstić information content (AvgIpc) is 2.56. The van der Waals surface area contributed by atoms with E-state index < -0.39 is 0 Å². The standard InChI is InChI=1S/C18H16FN3O2/c1-11(12-2-4-13(19)5-3-12)8-17(23)22-14-6-7-16-15(9-14)18(24)21-10-20-16/h2-7,9-11H,8H2,1H3,(H,22,23)(H,20,21,24)/t11-/m1/s1. The second-order valence-corrected chi connectivity index (χ2v) is 5.67. The van der Waals surface area contributed by atoms with Gasteiger partial charge >= 0.3 is 0 Å². The Morgan fingerprint density at radius 3 is 2.75 bits per heavy atom. The number of aromatic amines is 1. The van der Waals surface area contributed by atoms with Crippen LogP contribution in [0.25, 0.3) is 10.9 Å². The Hall–Kier alpha value is -3.02. The molecule has 2 aromatic carbocycles. The minimum atomic E-state index is -0.301. The molecule has 0 bridgehead atoms. The van der Waals surface area contributed by atoms with Gasteiger partial charge < -0.3 is 10.3 Å². The van der Waals surface area contributed by atoms with Crippen LogP contribution >= 0.6 is 0 Å². The predicted octanol–water partition coefficient (Wildman–Crippen LogP) is 3.19. The third-order valence-electron chi connectivity index (χ3n) is 3.85. The number of amides is 1. The highest BCUT2D eigenvalue weighted by atomic mass is 19.1. The van der Waals surface area contributed by atoms with E-state index in [2.05, 4.69) is 15.3 Å². The van der Waals surface area contributed by atoms with E-state index in [9.17, 15) is 14.0 Å². The van der Waals surface area contributed by atoms with Crippen molar-refractivity contribution in [2.24, 2.45) is 0 Å². The predicted molar refractivity (Wildman–Crippen MR) is 90.4 cm³/mol. The maximum atomic E-state index is 12.9. The number of halogens is 1. The zero-order valence-electron chi connectivity index (χ0n) is 13.0. The molecule has 1 amide bonds. The van der Waals surface area contributed by atoms with Crippen LogP contribution in [-0.4, -0.2) is 15.9 Å². The van der Waals surface area contributed by atoms with Gasteiger partial charge in [-0.2, -0.15) is 0 Å². The molecule has 2 N–H and O–H groups in total. The number of fused-ring (bicyclic) bond motifs is 1. The SMILES string of the molecule is C[C@H](CC(=O)Nc1ccc2nc[nH]c(=O)c2c1)c1ccc(F)cc1. The molecule has 0 radical (unpaired) electrons. The van der Waals surface area contributed by atoms with Crippen molar-refractivity contribution in [2.45, 2.75) is 19.3 Å². The molecule has 0 spiro atoms. The highest BCUT2D eigenvalue weighted by Crippen LogP contribution is 2.21. The third kappa shape index (κ3) is 3.48. The zero-order valence-corrected chi connectivity index (χ0v) is 13.0. The van der Waals surface area contributed by atoms with E-state index in [0.717, 1.165) is 5.56 Å². The molecule has 1 heterocycles. The van der Waals surface area contributed by atoms with Crippen LogP contribution in [0, 0.1) is 5.82 Å². The molecule has 0 aliphatic rings. The van der Waals surface area contributed by atoms with Gasteiger partial charge in [-0.3, -0.25) is 9.59 Å². The Labute approximate surface area is 137 Å². The summed E-state index contributed by atoms with van der Waals surface area (Å²) in [7, 11) is 0. The summed E-state index contributed by atoms with van der Waals surface area (Å²) >= 11 is 0. The van der Waals surface area contributed by atoms with Crippen molar-refractivity contribution in [2.75, 3.05) is 5.32 Å². The fourth-order valence-corrected chi connectivity index (χ4v) is 2.55. The number of rotatable bonds is 4. The second-order valence-electron chi connectivity index (χ2n) is 5.67. The van der Waals surface area contributed by atoms with Gasteiger partial charge in [0.05, 0.1) is 17.2 Å². The van der Waals surface area contributed by atoms with Gasteiger partial charge in [-0.05, 0) is 41.8 Å². The van der Waals surface area contributed by atoms with E-state index in [0.29, 0.717) is 16.6 Å². The fourth-order valence-electron chi connectivity index (χ4n) is 2.55. The summed E-state index contributed by atoms with van der Waals surface area (Å²) in [6, 6.07) is 11.1. The Morgan fingerprint density at radius 2 is 2.00 bits per heavy atom. The van der Waals surface area contributed by atoms with Crippen LogP contribution in [0.4, 0.5) is 10.1 Å². The molecule has 0 saturated carbocycles. The van der Waals surface area contributed by atoms with Crippen molar-refractivity contribution in [1.82, 2.24) is 9.97 Å². The number of nitrogens with zero attached hydrogens (tertiary/aromatic N) is 1. The smallest absolute Gasteiger partial charge is 0.258 e. The number of anilines is 1. The molecule has 0 fully saturated rings. The minimum Gasteiger partial charge on any atom is -0.326 e. The maximum absolute atomic E-state index is 12.9. The van der Waals surface area contributed by atoms with Crippen molar-refractivity contribution in [3.63, 3.8) is 0 Å². The molecule has 6 heteroatoms. The minimum absolute atomic E-state index is 0.0453. The van der Waals surface area contributed by atoms with Crippen molar-refractivity contribution in [1.29, 1.82) is 0 Å². The van der Waals surface area contributed by atoms with Gasteiger partial charge in [0.25, 0.3) is 5.56 Å². The molecular weight excluding hydrogens is 309 g/mol. The highest BCUT2D eigenvalue weighted by Gasteiger charge is 2.12. The molecule has 0 aliphatic heterocycles. The number of carbonyl (C=O) groups is 1. The van der Waals surface area contributed by atoms with Crippen LogP contribution in [0.1, 0.15) is 24.8 Å². The molecule has 1 aromatic heterocycles. The van der Waals surface area contributed by atoms with Gasteiger partial charge in [-0.15, -0.1) is 0 Å². The monoisotopic (exact) mass is 325 g/mol. The van der Waals surface area contributed by atoms with Gasteiger partial charge in [0.2, 0.25) is 5.91 Å². The first kappa shape index (κ1) is 15.9. The largest absolute Gasteiger partial charge is 0.326 e. The summed E-state index contributed by atoms with van der Waals surface area (Å²) in [6.07, 6.45) is 1.60. The van der Waals surface area contributed by atoms with Crippen LogP contribution < -0.4 is 10.9 Å². The average molecular weight is 325 g/mol. The maximum Gasteiger partial charge on any atom is 0.258 e. The summed E-state index contributed by atoms with van der Waals surface area (Å²) in [5.41, 5.74) is 1.75. The number of benzene rings is 2. The second kappa shape index (κ2) is 6.62. The van der Waals surface area contributed by atoms with Crippen LogP contribution in [0.2, 0.25) is 0 Å². The molecule has 1 atom stereocenters. The van der Waals surface area contributed by atoms with E-state index in [1.165, 1.54) is 18.5 Å². The topological polar surface area (TPSA) is 74.8 Å². The van der Waals surface area contributed by atoms with Crippen molar-refractivity contribution in [3.8, 4) is 0 Å². The molecule has 24 heavy (non-hydrogen) atoms. The van der Waals surface area contributed by atoms with Crippen molar-refractivity contribution >= 4 is 22.5 Å². The number of nitrogens with one attached hydrogen (secondary N) is 2. The molecule has 3 rings (SSSR count). The molecule has 0 unspecified atom stereocenters. The molecule has 3 aromatic rings. The van der Waals surface area contributed by atoms with Crippen LogP contribution in [0.3, 0.4) is 0 Å². The van der Waals surface area contributed by atoms with Crippen molar-refractivity contribution < 1.29 is 9.18 Å². The lowest BCUT2D eigenvalue weighted by atomic mass is 9.97. The first-order valence-corrected chi connectivity index (χ1v) is 7.55.